The molecule has 0 spiro atoms. The van der Waals surface area contributed by atoms with Gasteiger partial charge in [0.25, 0.3) is 5.91 Å². The lowest BCUT2D eigenvalue weighted by atomic mass is 10.2. The summed E-state index contributed by atoms with van der Waals surface area (Å²) in [5, 5.41) is 5.10. The Morgan fingerprint density at radius 3 is 2.71 bits per heavy atom. The number of fused-ring (bicyclic) bond motifs is 1. The van der Waals surface area contributed by atoms with Gasteiger partial charge in [-0.05, 0) is 46.3 Å². The van der Waals surface area contributed by atoms with Crippen LogP contribution in [0.2, 0.25) is 0 Å². The number of nitrogens with zero attached hydrogens (tertiary/aromatic N) is 2. The maximum Gasteiger partial charge on any atom is 0.373 e. The van der Waals surface area contributed by atoms with Crippen LogP contribution in [-0.4, -0.2) is 29.8 Å². The summed E-state index contributed by atoms with van der Waals surface area (Å²) in [6.45, 7) is 0.425. The van der Waals surface area contributed by atoms with E-state index in [1.54, 1.807) is 36.5 Å². The van der Waals surface area contributed by atoms with E-state index >= 15 is 0 Å². The predicted molar refractivity (Wildman–Crippen MR) is 120 cm³/mol. The monoisotopic (exact) mass is 479 g/mol. The van der Waals surface area contributed by atoms with Gasteiger partial charge in [-0.3, -0.25) is 4.79 Å². The number of methoxy groups -OCH3 is 1. The average molecular weight is 480 g/mol. The molecule has 0 aliphatic carbocycles. The Morgan fingerprint density at radius 1 is 1.13 bits per heavy atom. The highest BCUT2D eigenvalue weighted by molar-refractivity contribution is 9.10. The minimum atomic E-state index is -0.516. The molecule has 156 valence electrons. The van der Waals surface area contributed by atoms with Gasteiger partial charge in [-0.2, -0.15) is 5.10 Å². The van der Waals surface area contributed by atoms with Gasteiger partial charge < -0.3 is 13.7 Å². The number of carbonyl (C=O) groups is 2. The van der Waals surface area contributed by atoms with Crippen molar-refractivity contribution >= 4 is 44.9 Å². The second-order valence-electron chi connectivity index (χ2n) is 6.67. The lowest BCUT2D eigenvalue weighted by Gasteiger charge is -2.02. The van der Waals surface area contributed by atoms with Gasteiger partial charge in [0, 0.05) is 27.1 Å². The van der Waals surface area contributed by atoms with Crippen LogP contribution in [0.4, 0.5) is 0 Å². The Morgan fingerprint density at radius 2 is 1.90 bits per heavy atom. The molecule has 2 heterocycles. The van der Waals surface area contributed by atoms with Crippen molar-refractivity contribution in [2.24, 2.45) is 5.10 Å². The number of aromatic nitrogens is 1. The van der Waals surface area contributed by atoms with Crippen molar-refractivity contribution in [3.8, 4) is 0 Å². The van der Waals surface area contributed by atoms with Crippen molar-refractivity contribution in [3.05, 3.63) is 94.0 Å². The first-order chi connectivity index (χ1) is 15.1. The first-order valence-electron chi connectivity index (χ1n) is 9.39. The number of hydrazone groups is 1. The molecule has 2 aromatic heterocycles. The highest BCUT2D eigenvalue weighted by Gasteiger charge is 2.13. The number of hydrogen-bond acceptors (Lipinski definition) is 5. The van der Waals surface area contributed by atoms with Crippen LogP contribution >= 0.6 is 15.9 Å². The van der Waals surface area contributed by atoms with Gasteiger partial charge in [-0.15, -0.1) is 0 Å². The number of para-hydroxylation sites is 1. The molecule has 0 saturated heterocycles. The minimum absolute atomic E-state index is 0.158. The fraction of sp³-hybridized carbons (Fsp3) is 0.0870. The Labute approximate surface area is 186 Å². The van der Waals surface area contributed by atoms with E-state index in [0.29, 0.717) is 22.3 Å². The number of rotatable bonds is 6. The Bertz CT molecular complexity index is 1290. The topological polar surface area (TPSA) is 85.8 Å². The van der Waals surface area contributed by atoms with Crippen LogP contribution in [0.1, 0.15) is 32.2 Å². The molecule has 4 aromatic rings. The second-order valence-corrected chi connectivity index (χ2v) is 7.52. The summed E-state index contributed by atoms with van der Waals surface area (Å²) < 4.78 is 13.0. The summed E-state index contributed by atoms with van der Waals surface area (Å²) in [7, 11) is 1.31. The molecule has 0 bridgehead atoms. The van der Waals surface area contributed by atoms with Crippen molar-refractivity contribution in [3.63, 3.8) is 0 Å². The molecule has 2 aromatic carbocycles. The Kier molecular flexibility index (Phi) is 5.99. The highest BCUT2D eigenvalue weighted by Crippen LogP contribution is 2.22. The lowest BCUT2D eigenvalue weighted by molar-refractivity contribution is 0.0562. The summed E-state index contributed by atoms with van der Waals surface area (Å²) in [5.74, 6) is -0.0481. The first kappa shape index (κ1) is 20.6. The van der Waals surface area contributed by atoms with Crippen LogP contribution in [0.25, 0.3) is 10.9 Å². The van der Waals surface area contributed by atoms with Crippen LogP contribution in [0.3, 0.4) is 0 Å². The molecule has 8 heteroatoms. The predicted octanol–water partition coefficient (Wildman–Crippen LogP) is 4.60. The smallest absolute Gasteiger partial charge is 0.373 e. The number of furan rings is 1. The van der Waals surface area contributed by atoms with Crippen molar-refractivity contribution in [1.29, 1.82) is 0 Å². The van der Waals surface area contributed by atoms with E-state index in [-0.39, 0.29) is 11.7 Å². The van der Waals surface area contributed by atoms with Crippen molar-refractivity contribution < 1.29 is 18.7 Å². The van der Waals surface area contributed by atoms with E-state index in [1.807, 2.05) is 41.1 Å². The van der Waals surface area contributed by atoms with E-state index in [9.17, 15) is 9.59 Å². The molecule has 0 atom stereocenters. The number of halogens is 1. The maximum absolute atomic E-state index is 12.3. The third-order valence-electron chi connectivity index (χ3n) is 4.68. The van der Waals surface area contributed by atoms with E-state index in [1.165, 1.54) is 7.11 Å². The summed E-state index contributed by atoms with van der Waals surface area (Å²) in [5.41, 5.74) is 4.86. The van der Waals surface area contributed by atoms with E-state index in [0.717, 1.165) is 16.5 Å². The molecule has 7 nitrogen and oxygen atoms in total. The molecule has 1 amide bonds. The minimum Gasteiger partial charge on any atom is -0.463 e. The molecule has 31 heavy (non-hydrogen) atoms. The van der Waals surface area contributed by atoms with E-state index in [4.69, 9.17) is 4.42 Å². The molecule has 0 saturated carbocycles. The molecule has 0 aliphatic heterocycles. The van der Waals surface area contributed by atoms with Gasteiger partial charge in [0.1, 0.15) is 5.76 Å². The van der Waals surface area contributed by atoms with Gasteiger partial charge >= 0.3 is 5.97 Å². The van der Waals surface area contributed by atoms with E-state index in [2.05, 4.69) is 31.2 Å². The van der Waals surface area contributed by atoms with Crippen LogP contribution in [0, 0.1) is 0 Å². The third kappa shape index (κ3) is 4.44. The number of carbonyl (C=O) groups excluding carboxylic acids is 2. The standard InChI is InChI=1S/C23H18BrN3O4/c1-30-23(29)21-11-10-16(31-21)14-27-13-15(17-6-3-5-9-20(17)27)12-25-26-22(28)18-7-2-4-8-19(18)24/h2-13H,14H2,1H3,(H,26,28)/b25-12-. The summed E-state index contributed by atoms with van der Waals surface area (Å²) in [6.07, 6.45) is 3.52. The fourth-order valence-corrected chi connectivity index (χ4v) is 3.68. The fourth-order valence-electron chi connectivity index (χ4n) is 3.22. The summed E-state index contributed by atoms with van der Waals surface area (Å²) in [4.78, 5) is 24.0. The zero-order valence-corrected chi connectivity index (χ0v) is 18.1. The zero-order chi connectivity index (χ0) is 21.8. The van der Waals surface area contributed by atoms with Crippen LogP contribution < -0.4 is 5.43 Å². The molecule has 0 aliphatic rings. The molecular formula is C23H18BrN3O4. The summed E-state index contributed by atoms with van der Waals surface area (Å²) in [6, 6.07) is 18.3. The van der Waals surface area contributed by atoms with Gasteiger partial charge in [-0.1, -0.05) is 30.3 Å². The quantitative estimate of drug-likeness (QED) is 0.249. The first-order valence-corrected chi connectivity index (χ1v) is 10.2. The van der Waals surface area contributed by atoms with Crippen LogP contribution in [-0.2, 0) is 11.3 Å². The third-order valence-corrected chi connectivity index (χ3v) is 5.37. The van der Waals surface area contributed by atoms with Crippen LogP contribution in [0.5, 0.6) is 0 Å². The van der Waals surface area contributed by atoms with Crippen molar-refractivity contribution in [2.45, 2.75) is 6.54 Å². The largest absolute Gasteiger partial charge is 0.463 e. The SMILES string of the molecule is COC(=O)c1ccc(Cn2cc(/C=N\NC(=O)c3ccccc3Br)c3ccccc32)o1. The molecule has 1 N–H and O–H groups in total. The number of hydrogen-bond donors (Lipinski definition) is 1. The average Bonchev–Trinajstić information content (AvgIpc) is 3.39. The molecular weight excluding hydrogens is 462 g/mol. The number of benzene rings is 2. The number of esters is 1. The second kappa shape index (κ2) is 9.01. The highest BCUT2D eigenvalue weighted by atomic mass is 79.9. The number of nitrogens with one attached hydrogen (secondary N) is 1. The number of amides is 1. The van der Waals surface area contributed by atoms with Crippen LogP contribution in [0.15, 0.2) is 80.9 Å². The normalized spacial score (nSPS) is 11.2. The molecule has 4 rings (SSSR count). The zero-order valence-electron chi connectivity index (χ0n) is 16.5. The van der Waals surface area contributed by atoms with Gasteiger partial charge in [-0.25, -0.2) is 10.2 Å². The van der Waals surface area contributed by atoms with Gasteiger partial charge in [0.05, 0.1) is 25.4 Å². The maximum atomic E-state index is 12.3. The Hall–Kier alpha value is -3.65. The van der Waals surface area contributed by atoms with Crippen molar-refractivity contribution in [1.82, 2.24) is 9.99 Å². The molecule has 0 unspecified atom stereocenters. The van der Waals surface area contributed by atoms with E-state index < -0.39 is 5.97 Å². The Balaban J connectivity index is 1.56. The van der Waals surface area contributed by atoms with Gasteiger partial charge in [0.2, 0.25) is 5.76 Å². The molecule has 0 radical (unpaired) electrons. The molecule has 0 fully saturated rings. The summed E-state index contributed by atoms with van der Waals surface area (Å²) >= 11 is 3.36. The lowest BCUT2D eigenvalue weighted by Crippen LogP contribution is -2.18. The van der Waals surface area contributed by atoms with Crippen molar-refractivity contribution in [2.75, 3.05) is 7.11 Å². The number of ether oxygens (including phenoxy) is 1. The van der Waals surface area contributed by atoms with Gasteiger partial charge in [0.15, 0.2) is 0 Å².